The molecule has 0 spiro atoms. The molecule has 4 nitrogen and oxygen atoms in total. The molecule has 0 radical (unpaired) electrons. The summed E-state index contributed by atoms with van der Waals surface area (Å²) in [4.78, 5) is 5.83. The zero-order valence-electron chi connectivity index (χ0n) is 10.4. The third kappa shape index (κ3) is 2.82. The second-order valence-electron chi connectivity index (χ2n) is 4.73. The number of halogens is 3. The second-order valence-corrected chi connectivity index (χ2v) is 4.73. The quantitative estimate of drug-likeness (QED) is 0.822. The summed E-state index contributed by atoms with van der Waals surface area (Å²) in [6.07, 6.45) is -3.37. The van der Waals surface area contributed by atoms with Gasteiger partial charge in [-0.15, -0.1) is 0 Å². The molecule has 0 amide bonds. The van der Waals surface area contributed by atoms with Crippen molar-refractivity contribution < 1.29 is 17.7 Å². The Morgan fingerprint density at radius 3 is 2.72 bits per heavy atom. The van der Waals surface area contributed by atoms with Crippen LogP contribution in [0.3, 0.4) is 0 Å². The standard InChI is InChI=1S/C11H16F3N3O/c1-7(10-15-8(2)16-18-10)17-5-3-4-9(6-17)11(12,13)14/h7,9H,3-6H2,1-2H3/t7-,9-/m0/s1. The summed E-state index contributed by atoms with van der Waals surface area (Å²) in [5, 5.41) is 3.67. The Kier molecular flexibility index (Phi) is 3.61. The zero-order chi connectivity index (χ0) is 13.3. The van der Waals surface area contributed by atoms with Crippen LogP contribution in [0.25, 0.3) is 0 Å². The maximum atomic E-state index is 12.7. The van der Waals surface area contributed by atoms with Gasteiger partial charge in [-0.2, -0.15) is 18.2 Å². The van der Waals surface area contributed by atoms with Gasteiger partial charge >= 0.3 is 6.18 Å². The molecule has 2 rings (SSSR count). The van der Waals surface area contributed by atoms with Crippen molar-refractivity contribution in [3.63, 3.8) is 0 Å². The molecular formula is C11H16F3N3O. The van der Waals surface area contributed by atoms with E-state index in [-0.39, 0.29) is 19.0 Å². The Hall–Kier alpha value is -1.11. The monoisotopic (exact) mass is 263 g/mol. The maximum Gasteiger partial charge on any atom is 0.393 e. The molecule has 0 aliphatic carbocycles. The molecule has 0 N–H and O–H groups in total. The van der Waals surface area contributed by atoms with Gasteiger partial charge < -0.3 is 4.52 Å². The van der Waals surface area contributed by atoms with Crippen molar-refractivity contribution in [2.45, 2.75) is 38.9 Å². The number of rotatable bonds is 2. The first kappa shape index (κ1) is 13.3. The number of piperidine rings is 1. The Bertz CT molecular complexity index is 404. The van der Waals surface area contributed by atoms with Gasteiger partial charge in [-0.1, -0.05) is 5.16 Å². The molecule has 1 aliphatic heterocycles. The predicted molar refractivity (Wildman–Crippen MR) is 57.8 cm³/mol. The Balaban J connectivity index is 2.05. The van der Waals surface area contributed by atoms with E-state index in [1.807, 2.05) is 0 Å². The van der Waals surface area contributed by atoms with E-state index in [9.17, 15) is 13.2 Å². The molecule has 2 atom stereocenters. The van der Waals surface area contributed by atoms with Crippen molar-refractivity contribution >= 4 is 0 Å². The summed E-state index contributed by atoms with van der Waals surface area (Å²) in [6.45, 7) is 4.13. The minimum atomic E-state index is -4.12. The third-order valence-corrected chi connectivity index (χ3v) is 3.36. The molecule has 18 heavy (non-hydrogen) atoms. The van der Waals surface area contributed by atoms with Crippen molar-refractivity contribution in [1.29, 1.82) is 0 Å². The van der Waals surface area contributed by atoms with E-state index in [1.54, 1.807) is 18.7 Å². The van der Waals surface area contributed by atoms with E-state index < -0.39 is 12.1 Å². The Labute approximate surface area is 103 Å². The molecule has 0 aromatic carbocycles. The average molecular weight is 263 g/mol. The molecule has 102 valence electrons. The number of likely N-dealkylation sites (tertiary alicyclic amines) is 1. The summed E-state index contributed by atoms with van der Waals surface area (Å²) < 4.78 is 43.1. The molecule has 1 saturated heterocycles. The van der Waals surface area contributed by atoms with Crippen LogP contribution in [0.1, 0.15) is 37.5 Å². The van der Waals surface area contributed by atoms with Gasteiger partial charge in [0, 0.05) is 6.54 Å². The van der Waals surface area contributed by atoms with Crippen LogP contribution in [0, 0.1) is 12.8 Å². The van der Waals surface area contributed by atoms with Gasteiger partial charge in [0.05, 0.1) is 12.0 Å². The topological polar surface area (TPSA) is 42.2 Å². The normalized spacial score (nSPS) is 24.2. The fraction of sp³-hybridized carbons (Fsp3) is 0.818. The van der Waals surface area contributed by atoms with Crippen LogP contribution in [0.4, 0.5) is 13.2 Å². The zero-order valence-corrected chi connectivity index (χ0v) is 10.4. The lowest BCUT2D eigenvalue weighted by Gasteiger charge is -2.36. The first-order chi connectivity index (χ1) is 8.38. The van der Waals surface area contributed by atoms with E-state index in [1.165, 1.54) is 0 Å². The molecule has 1 aliphatic rings. The van der Waals surface area contributed by atoms with E-state index >= 15 is 0 Å². The van der Waals surface area contributed by atoms with Gasteiger partial charge in [0.2, 0.25) is 5.89 Å². The molecule has 1 aromatic heterocycles. The first-order valence-corrected chi connectivity index (χ1v) is 5.99. The Morgan fingerprint density at radius 1 is 1.44 bits per heavy atom. The largest absolute Gasteiger partial charge is 0.393 e. The summed E-state index contributed by atoms with van der Waals surface area (Å²) in [7, 11) is 0. The lowest BCUT2D eigenvalue weighted by atomic mass is 9.96. The molecule has 0 bridgehead atoms. The average Bonchev–Trinajstić information content (AvgIpc) is 2.74. The number of hydrogen-bond donors (Lipinski definition) is 0. The number of aryl methyl sites for hydroxylation is 1. The molecular weight excluding hydrogens is 247 g/mol. The van der Waals surface area contributed by atoms with E-state index in [0.717, 1.165) is 0 Å². The lowest BCUT2D eigenvalue weighted by molar-refractivity contribution is -0.188. The maximum absolute atomic E-state index is 12.7. The van der Waals surface area contributed by atoms with Gasteiger partial charge in [-0.25, -0.2) is 0 Å². The number of hydrogen-bond acceptors (Lipinski definition) is 4. The number of nitrogens with zero attached hydrogens (tertiary/aromatic N) is 3. The molecule has 2 heterocycles. The van der Waals surface area contributed by atoms with Crippen molar-refractivity contribution in [3.05, 3.63) is 11.7 Å². The summed E-state index contributed by atoms with van der Waals surface area (Å²) in [5.41, 5.74) is 0. The molecule has 1 aromatic rings. The van der Waals surface area contributed by atoms with Crippen LogP contribution in [-0.2, 0) is 0 Å². The van der Waals surface area contributed by atoms with Crippen LogP contribution in [0.15, 0.2) is 4.52 Å². The summed E-state index contributed by atoms with van der Waals surface area (Å²) in [6, 6.07) is -0.267. The minimum Gasteiger partial charge on any atom is -0.338 e. The van der Waals surface area contributed by atoms with Gasteiger partial charge in [0.25, 0.3) is 0 Å². The van der Waals surface area contributed by atoms with Gasteiger partial charge in [0.1, 0.15) is 0 Å². The van der Waals surface area contributed by atoms with Crippen molar-refractivity contribution in [2.75, 3.05) is 13.1 Å². The molecule has 0 saturated carbocycles. The highest BCUT2D eigenvalue weighted by atomic mass is 19.4. The van der Waals surface area contributed by atoms with Crippen molar-refractivity contribution in [2.24, 2.45) is 5.92 Å². The van der Waals surface area contributed by atoms with E-state index in [2.05, 4.69) is 10.1 Å². The molecule has 0 unspecified atom stereocenters. The fourth-order valence-electron chi connectivity index (χ4n) is 2.26. The van der Waals surface area contributed by atoms with E-state index in [4.69, 9.17) is 4.52 Å². The second kappa shape index (κ2) is 4.87. The number of aromatic nitrogens is 2. The lowest BCUT2D eigenvalue weighted by Crippen LogP contribution is -2.42. The summed E-state index contributed by atoms with van der Waals surface area (Å²) >= 11 is 0. The molecule has 1 fully saturated rings. The third-order valence-electron chi connectivity index (χ3n) is 3.36. The summed E-state index contributed by atoms with van der Waals surface area (Å²) in [5.74, 6) is -0.366. The highest BCUT2D eigenvalue weighted by molar-refractivity contribution is 4.92. The highest BCUT2D eigenvalue weighted by Gasteiger charge is 2.43. The van der Waals surface area contributed by atoms with Gasteiger partial charge in [-0.05, 0) is 33.2 Å². The van der Waals surface area contributed by atoms with Crippen LogP contribution in [-0.4, -0.2) is 34.3 Å². The van der Waals surface area contributed by atoms with Crippen molar-refractivity contribution in [1.82, 2.24) is 15.0 Å². The highest BCUT2D eigenvalue weighted by Crippen LogP contribution is 2.35. The van der Waals surface area contributed by atoms with Crippen LogP contribution >= 0.6 is 0 Å². The first-order valence-electron chi connectivity index (χ1n) is 5.99. The van der Waals surface area contributed by atoms with Crippen LogP contribution < -0.4 is 0 Å². The smallest absolute Gasteiger partial charge is 0.338 e. The Morgan fingerprint density at radius 2 is 2.17 bits per heavy atom. The molecule has 7 heteroatoms. The van der Waals surface area contributed by atoms with Crippen LogP contribution in [0.5, 0.6) is 0 Å². The van der Waals surface area contributed by atoms with Crippen LogP contribution in [0.2, 0.25) is 0 Å². The SMILES string of the molecule is Cc1noc([C@H](C)N2CCC[C@H](C(F)(F)F)C2)n1. The fourth-order valence-corrected chi connectivity index (χ4v) is 2.26. The van der Waals surface area contributed by atoms with E-state index in [0.29, 0.717) is 24.7 Å². The van der Waals surface area contributed by atoms with Crippen molar-refractivity contribution in [3.8, 4) is 0 Å². The predicted octanol–water partition coefficient (Wildman–Crippen LogP) is 2.71. The number of alkyl halides is 3. The minimum absolute atomic E-state index is 0.00605. The van der Waals surface area contributed by atoms with Gasteiger partial charge in [-0.3, -0.25) is 4.90 Å². The van der Waals surface area contributed by atoms with Gasteiger partial charge in [0.15, 0.2) is 5.82 Å².